The first-order valence-electron chi connectivity index (χ1n) is 15.4. The van der Waals surface area contributed by atoms with Gasteiger partial charge in [-0.1, -0.05) is 13.8 Å². The van der Waals surface area contributed by atoms with Crippen LogP contribution in [0.15, 0.2) is 73.8 Å². The zero-order chi connectivity index (χ0) is 38.1. The van der Waals surface area contributed by atoms with E-state index >= 15 is 0 Å². The van der Waals surface area contributed by atoms with Crippen LogP contribution < -0.4 is 9.47 Å². The molecule has 0 spiro atoms. The molecule has 0 bridgehead atoms. The monoisotopic (exact) mass is 1100 g/mol. The molecule has 270 valence electrons. The minimum atomic E-state index is -1.08. The minimum absolute atomic E-state index is 0.154. The Kier molecular flexibility index (Phi) is 18.3. The molecule has 0 amide bonds. The Bertz CT molecular complexity index is 1420. The average molecular weight is 1100 g/mol. The van der Waals surface area contributed by atoms with E-state index in [4.69, 9.17) is 38.6 Å². The second-order valence-electron chi connectivity index (χ2n) is 11.4. The molecule has 0 aliphatic rings. The number of carboxylic acids is 2. The van der Waals surface area contributed by atoms with Crippen LogP contribution in [-0.4, -0.2) is 136 Å². The summed E-state index contributed by atoms with van der Waals surface area (Å²) in [5.74, 6) is -4.17. The third-order valence-electron chi connectivity index (χ3n) is 7.11. The Morgan fingerprint density at radius 3 is 1.27 bits per heavy atom. The van der Waals surface area contributed by atoms with Crippen molar-refractivity contribution in [3.63, 3.8) is 0 Å². The van der Waals surface area contributed by atoms with Crippen molar-refractivity contribution in [1.82, 2.24) is 0 Å². The van der Waals surface area contributed by atoms with Gasteiger partial charge in [0.15, 0.2) is 0 Å². The van der Waals surface area contributed by atoms with Crippen molar-refractivity contribution in [2.24, 2.45) is 0 Å². The molecule has 0 aliphatic heterocycles. The predicted molar refractivity (Wildman–Crippen MR) is 182 cm³/mol. The maximum atomic E-state index is 12.3. The summed E-state index contributed by atoms with van der Waals surface area (Å²) in [6.45, 7) is 9.79. The van der Waals surface area contributed by atoms with Crippen molar-refractivity contribution in [3.8, 4) is 11.5 Å². The van der Waals surface area contributed by atoms with E-state index in [1.165, 1.54) is 0 Å². The molecule has 0 saturated carbocycles. The molecule has 2 aromatic rings. The van der Waals surface area contributed by atoms with Crippen molar-refractivity contribution >= 4 is 87.4 Å². The van der Waals surface area contributed by atoms with Gasteiger partial charge in [0.05, 0.1) is 0 Å². The molecule has 0 heterocycles. The summed E-state index contributed by atoms with van der Waals surface area (Å²) in [4.78, 5) is 69.9. The third kappa shape index (κ3) is 15.5. The first kappa shape index (κ1) is 43.3. The van der Waals surface area contributed by atoms with E-state index in [0.29, 0.717) is 11.5 Å². The summed E-state index contributed by atoms with van der Waals surface area (Å²) >= 11 is 0.511. The normalized spacial score (nSPS) is 13.3. The van der Waals surface area contributed by atoms with Crippen LogP contribution in [-0.2, 0) is 53.1 Å². The van der Waals surface area contributed by atoms with E-state index in [1.54, 1.807) is 24.3 Å². The molecular formula is C35H38O14Pb2. The first-order chi connectivity index (χ1) is 24.0. The molecule has 0 saturated heterocycles. The third-order valence-corrected chi connectivity index (χ3v) is 10.6. The molecule has 16 heteroatoms. The number of benzene rings is 2. The van der Waals surface area contributed by atoms with Crippen LogP contribution in [0.5, 0.6) is 11.5 Å². The Hall–Kier alpha value is -3.82. The second-order valence-corrected chi connectivity index (χ2v) is 16.8. The molecule has 0 aliphatic carbocycles. The molecule has 6 radical (unpaired) electrons. The van der Waals surface area contributed by atoms with Crippen molar-refractivity contribution in [1.29, 1.82) is 0 Å². The summed E-state index contributed by atoms with van der Waals surface area (Å²) in [7, 11) is 0. The molecule has 4 unspecified atom stereocenters. The number of ether oxygens (including phenoxy) is 6. The van der Waals surface area contributed by atoms with Gasteiger partial charge in [-0.3, -0.25) is 0 Å². The summed E-state index contributed by atoms with van der Waals surface area (Å²) in [5.41, 5.74) is 1.40. The van der Waals surface area contributed by atoms with E-state index in [9.17, 15) is 28.8 Å². The Morgan fingerprint density at radius 2 is 0.980 bits per heavy atom. The molecule has 0 fully saturated rings. The van der Waals surface area contributed by atoms with Crippen LogP contribution in [0, 0.1) is 0 Å². The van der Waals surface area contributed by atoms with E-state index in [-0.39, 0.29) is 90.8 Å². The van der Waals surface area contributed by atoms with Gasteiger partial charge in [-0.2, -0.15) is 0 Å². The summed E-state index contributed by atoms with van der Waals surface area (Å²) < 4.78 is 30.7. The zero-order valence-corrected chi connectivity index (χ0v) is 35.8. The molecule has 51 heavy (non-hydrogen) atoms. The number of carboxylic acid groups (broad SMARTS) is 2. The van der Waals surface area contributed by atoms with Crippen molar-refractivity contribution in [2.45, 2.75) is 51.3 Å². The van der Waals surface area contributed by atoms with E-state index < -0.39 is 60.4 Å². The molecule has 0 aromatic heterocycles. The van der Waals surface area contributed by atoms with Gasteiger partial charge in [-0.15, -0.1) is 0 Å². The van der Waals surface area contributed by atoms with Crippen LogP contribution in [0.3, 0.4) is 0 Å². The van der Waals surface area contributed by atoms with Crippen molar-refractivity contribution in [2.75, 3.05) is 26.4 Å². The van der Waals surface area contributed by atoms with Gasteiger partial charge in [-0.05, 0) is 0 Å². The van der Waals surface area contributed by atoms with E-state index in [2.05, 4.69) is 13.2 Å². The van der Waals surface area contributed by atoms with Gasteiger partial charge < -0.3 is 0 Å². The van der Waals surface area contributed by atoms with E-state index in [1.807, 2.05) is 38.1 Å². The van der Waals surface area contributed by atoms with Crippen LogP contribution in [0.25, 0.3) is 0 Å². The Labute approximate surface area is 326 Å². The standard InChI is InChI=1S/C35H38O14.2Pb/c1-5-31(40)46-21-27(48-33(42)17-15-29(36)37)19-44-25-11-7-23(8-12-25)35(3,4)24-9-13-26(14-10-24)45-20-28(22-47-32(41)6-2)49-34(43)18-16-30(38)39;;/h5-16,27-28H,1-2,17-22H2,3-4H3,(H,36,37)(H,38,39);;. The molecule has 2 rings (SSSR count). The average Bonchev–Trinajstić information content (AvgIpc) is 3.10. The molecular weight excluding hydrogens is 1060 g/mol. The number of hydrogen-bond acceptors (Lipinski definition) is 12. The van der Waals surface area contributed by atoms with Gasteiger partial charge in [0, 0.05) is 0 Å². The number of esters is 4. The number of hydrogen-bond donors (Lipinski definition) is 2. The fourth-order valence-electron chi connectivity index (χ4n) is 4.16. The molecule has 14 nitrogen and oxygen atoms in total. The SMILES string of the molecule is C=CC(=O)OCC(COc1ccc(C(C)(C)c2ccc(OCC(COC(=O)C=C)OC(=O)C[CH]([Pb])C(=O)O)cc2)cc1)OC(=O)C[CH]([Pb])C(=O)O. The van der Waals surface area contributed by atoms with E-state index in [0.717, 1.165) is 23.3 Å². The predicted octanol–water partition coefficient (Wildman–Crippen LogP) is 2.92. The van der Waals surface area contributed by atoms with Crippen LogP contribution in [0.4, 0.5) is 0 Å². The molecule has 2 aromatic carbocycles. The van der Waals surface area contributed by atoms with Crippen LogP contribution in [0.2, 0.25) is 6.95 Å². The molecule has 2 N–H and O–H groups in total. The quantitative estimate of drug-likeness (QED) is 0.0756. The Balaban J connectivity index is 2.05. The number of aliphatic carboxylic acids is 2. The Morgan fingerprint density at radius 1 is 0.647 bits per heavy atom. The van der Waals surface area contributed by atoms with Crippen molar-refractivity contribution < 1.29 is 67.4 Å². The number of carbonyl (C=O) groups is 6. The van der Waals surface area contributed by atoms with Gasteiger partial charge in [0.1, 0.15) is 0 Å². The summed E-state index contributed by atoms with van der Waals surface area (Å²) in [5, 5.41) is 18.2. The first-order valence-corrected chi connectivity index (χ1v) is 19.9. The van der Waals surface area contributed by atoms with Crippen LogP contribution >= 0.6 is 0 Å². The van der Waals surface area contributed by atoms with Gasteiger partial charge in [0.2, 0.25) is 0 Å². The fraction of sp³-hybridized carbons (Fsp3) is 0.371. The number of rotatable bonds is 22. The van der Waals surface area contributed by atoms with Crippen molar-refractivity contribution in [3.05, 3.63) is 85.0 Å². The van der Waals surface area contributed by atoms with Gasteiger partial charge in [-0.25, -0.2) is 0 Å². The maximum absolute atomic E-state index is 12.3. The van der Waals surface area contributed by atoms with Crippen LogP contribution in [0.1, 0.15) is 37.8 Å². The van der Waals surface area contributed by atoms with Gasteiger partial charge in [0.25, 0.3) is 0 Å². The fourth-order valence-corrected chi connectivity index (χ4v) is 5.45. The summed E-state index contributed by atoms with van der Waals surface area (Å²) in [6.07, 6.45) is -0.625. The topological polar surface area (TPSA) is 198 Å². The van der Waals surface area contributed by atoms with Gasteiger partial charge >= 0.3 is 315 Å². The second kappa shape index (κ2) is 21.5. The molecule has 4 atom stereocenters. The zero-order valence-electron chi connectivity index (χ0n) is 28.0. The summed E-state index contributed by atoms with van der Waals surface area (Å²) in [6, 6.07) is 14.4. The number of carbonyl (C=O) groups excluding carboxylic acids is 4.